The molecule has 0 fully saturated rings. The molecule has 1 amide bonds. The number of nitrogens with zero attached hydrogens (tertiary/aromatic N) is 3. The van der Waals surface area contributed by atoms with Gasteiger partial charge in [0.05, 0.1) is 16.7 Å². The lowest BCUT2D eigenvalue weighted by Crippen LogP contribution is -2.16. The molecule has 0 spiro atoms. The van der Waals surface area contributed by atoms with Gasteiger partial charge in [0, 0.05) is 16.5 Å². The smallest absolute Gasteiger partial charge is 0.271 e. The van der Waals surface area contributed by atoms with Gasteiger partial charge in [-0.2, -0.15) is 0 Å². The van der Waals surface area contributed by atoms with Gasteiger partial charge in [-0.1, -0.05) is 69.3 Å². The summed E-state index contributed by atoms with van der Waals surface area (Å²) in [5, 5.41) is 8.84. The van der Waals surface area contributed by atoms with E-state index in [4.69, 9.17) is 16.5 Å². The zero-order valence-electron chi connectivity index (χ0n) is 18.7. The number of imidazole rings is 1. The maximum absolute atomic E-state index is 11.6. The Kier molecular flexibility index (Phi) is 4.63. The molecule has 5 aromatic rings. The Labute approximate surface area is 190 Å². The summed E-state index contributed by atoms with van der Waals surface area (Å²) in [4.78, 5) is 19.8. The minimum absolute atomic E-state index is 0.0224. The fourth-order valence-electron chi connectivity index (χ4n) is 4.01. The van der Waals surface area contributed by atoms with Gasteiger partial charge in [-0.25, -0.2) is 4.98 Å². The molecule has 2 aromatic heterocycles. The summed E-state index contributed by atoms with van der Waals surface area (Å²) in [6.45, 7) is 6.60. The van der Waals surface area contributed by atoms with Crippen molar-refractivity contribution in [2.24, 2.45) is 5.73 Å². The second kappa shape index (κ2) is 7.41. The molecule has 5 N–H and O–H groups in total. The largest absolute Gasteiger partial charge is 0.396 e. The van der Waals surface area contributed by atoms with Crippen LogP contribution in [0.2, 0.25) is 0 Å². The Morgan fingerprint density at radius 3 is 2.36 bits per heavy atom. The molecule has 0 aliphatic rings. The van der Waals surface area contributed by atoms with Crippen molar-refractivity contribution in [3.63, 3.8) is 0 Å². The summed E-state index contributed by atoms with van der Waals surface area (Å²) in [7, 11) is 0. The Bertz CT molecular complexity index is 1530. The van der Waals surface area contributed by atoms with E-state index < -0.39 is 5.91 Å². The number of rotatable bonds is 3. The first-order valence-electron chi connectivity index (χ1n) is 10.7. The van der Waals surface area contributed by atoms with E-state index in [9.17, 15) is 4.79 Å². The van der Waals surface area contributed by atoms with Crippen molar-refractivity contribution >= 4 is 33.5 Å². The van der Waals surface area contributed by atoms with Gasteiger partial charge in [-0.15, -0.1) is 10.2 Å². The molecular weight excluding hydrogens is 412 g/mol. The van der Waals surface area contributed by atoms with E-state index in [0.717, 1.165) is 33.5 Å². The summed E-state index contributed by atoms with van der Waals surface area (Å²) in [6, 6.07) is 20.1. The van der Waals surface area contributed by atoms with Crippen LogP contribution < -0.4 is 11.5 Å². The third-order valence-electron chi connectivity index (χ3n) is 5.88. The minimum Gasteiger partial charge on any atom is -0.396 e. The van der Waals surface area contributed by atoms with Crippen LogP contribution >= 0.6 is 0 Å². The summed E-state index contributed by atoms with van der Waals surface area (Å²) in [5.41, 5.74) is 18.3. The number of carbonyl (C=O) groups excluding carboxylic acids is 1. The molecule has 0 radical (unpaired) electrons. The van der Waals surface area contributed by atoms with Crippen molar-refractivity contribution in [1.29, 1.82) is 0 Å². The highest BCUT2D eigenvalue weighted by Crippen LogP contribution is 2.33. The van der Waals surface area contributed by atoms with Crippen LogP contribution in [-0.4, -0.2) is 26.1 Å². The highest BCUT2D eigenvalue weighted by atomic mass is 16.1. The van der Waals surface area contributed by atoms with Crippen molar-refractivity contribution in [3.05, 3.63) is 71.9 Å². The molecule has 0 aliphatic carbocycles. The third kappa shape index (κ3) is 3.57. The number of hydrogen-bond acceptors (Lipinski definition) is 5. The number of nitrogen functional groups attached to an aromatic ring is 1. The van der Waals surface area contributed by atoms with E-state index in [1.54, 1.807) is 0 Å². The lowest BCUT2D eigenvalue weighted by atomic mass is 9.87. The number of carbonyl (C=O) groups is 1. The zero-order chi connectivity index (χ0) is 23.3. The van der Waals surface area contributed by atoms with Gasteiger partial charge in [-0.3, -0.25) is 4.79 Å². The predicted octanol–water partition coefficient (Wildman–Crippen LogP) is 4.82. The van der Waals surface area contributed by atoms with Crippen LogP contribution in [0.25, 0.3) is 44.5 Å². The molecule has 3 aromatic carbocycles. The Balaban J connectivity index is 1.58. The van der Waals surface area contributed by atoms with Crippen LogP contribution in [0.5, 0.6) is 0 Å². The Morgan fingerprint density at radius 2 is 1.67 bits per heavy atom. The number of amides is 1. The summed E-state index contributed by atoms with van der Waals surface area (Å²) >= 11 is 0. The first kappa shape index (κ1) is 20.6. The standard InChI is InChI=1S/C26H24N6O/c1-26(2,3)16-10-7-14(8-11-16)25-29-19-12-9-15(13-20(19)30-25)17-5-4-6-18-21(27)23(24(28)33)32-31-22(17)18/h4-13H,1-3H3,(H2,27,31)(H2,28,33)(H,29,30). The molecule has 7 nitrogen and oxygen atoms in total. The van der Waals surface area contributed by atoms with Gasteiger partial charge in [0.1, 0.15) is 11.3 Å². The molecule has 0 atom stereocenters. The van der Waals surface area contributed by atoms with Crippen LogP contribution in [0.15, 0.2) is 60.7 Å². The van der Waals surface area contributed by atoms with Crippen LogP contribution in [0.4, 0.5) is 5.69 Å². The van der Waals surface area contributed by atoms with Gasteiger partial charge in [0.2, 0.25) is 0 Å². The number of primary amides is 1. The molecule has 0 saturated heterocycles. The average molecular weight is 437 g/mol. The summed E-state index contributed by atoms with van der Waals surface area (Å²) in [6.07, 6.45) is 0. The molecule has 0 bridgehead atoms. The van der Waals surface area contributed by atoms with Crippen molar-refractivity contribution < 1.29 is 4.79 Å². The number of benzene rings is 3. The fraction of sp³-hybridized carbons (Fsp3) is 0.154. The van der Waals surface area contributed by atoms with E-state index in [2.05, 4.69) is 60.2 Å². The topological polar surface area (TPSA) is 124 Å². The van der Waals surface area contributed by atoms with Crippen LogP contribution in [0, 0.1) is 0 Å². The molecule has 7 heteroatoms. The van der Waals surface area contributed by atoms with Crippen molar-refractivity contribution in [1.82, 2.24) is 20.2 Å². The molecule has 164 valence electrons. The molecular formula is C26H24N6O. The number of aromatic nitrogens is 4. The Morgan fingerprint density at radius 1 is 0.939 bits per heavy atom. The molecule has 5 rings (SSSR count). The first-order valence-corrected chi connectivity index (χ1v) is 10.7. The predicted molar refractivity (Wildman–Crippen MR) is 132 cm³/mol. The number of hydrogen-bond donors (Lipinski definition) is 3. The highest BCUT2D eigenvalue weighted by molar-refractivity contribution is 6.07. The van der Waals surface area contributed by atoms with E-state index in [-0.39, 0.29) is 16.8 Å². The summed E-state index contributed by atoms with van der Waals surface area (Å²) < 4.78 is 0. The SMILES string of the molecule is CC(C)(C)c1ccc(-c2nc3ccc(-c4cccc5c(N)c(C(N)=O)nnc45)cc3[nH]2)cc1. The van der Waals surface area contributed by atoms with Gasteiger partial charge in [0.25, 0.3) is 5.91 Å². The maximum Gasteiger partial charge on any atom is 0.271 e. The molecule has 0 aliphatic heterocycles. The van der Waals surface area contributed by atoms with Crippen LogP contribution in [-0.2, 0) is 5.41 Å². The van der Waals surface area contributed by atoms with Gasteiger partial charge in [0.15, 0.2) is 5.69 Å². The number of aromatic amines is 1. The van der Waals surface area contributed by atoms with E-state index in [1.807, 2.05) is 36.4 Å². The quantitative estimate of drug-likeness (QED) is 0.374. The molecule has 0 unspecified atom stereocenters. The van der Waals surface area contributed by atoms with Gasteiger partial charge >= 0.3 is 0 Å². The number of fused-ring (bicyclic) bond motifs is 2. The third-order valence-corrected chi connectivity index (χ3v) is 5.88. The minimum atomic E-state index is -0.700. The molecule has 0 saturated carbocycles. The normalized spacial score (nSPS) is 11.8. The van der Waals surface area contributed by atoms with Crippen molar-refractivity contribution in [2.45, 2.75) is 26.2 Å². The fourth-order valence-corrected chi connectivity index (χ4v) is 4.01. The van der Waals surface area contributed by atoms with E-state index in [0.29, 0.717) is 10.9 Å². The van der Waals surface area contributed by atoms with Crippen LogP contribution in [0.1, 0.15) is 36.8 Å². The second-order valence-corrected chi connectivity index (χ2v) is 9.17. The van der Waals surface area contributed by atoms with E-state index in [1.165, 1.54) is 5.56 Å². The molecule has 2 heterocycles. The second-order valence-electron chi connectivity index (χ2n) is 9.17. The zero-order valence-corrected chi connectivity index (χ0v) is 18.7. The van der Waals surface area contributed by atoms with Crippen LogP contribution in [0.3, 0.4) is 0 Å². The molecule has 33 heavy (non-hydrogen) atoms. The summed E-state index contributed by atoms with van der Waals surface area (Å²) in [5.74, 6) is 0.116. The average Bonchev–Trinajstić information content (AvgIpc) is 3.22. The Hall–Kier alpha value is -4.26. The van der Waals surface area contributed by atoms with E-state index >= 15 is 0 Å². The number of nitrogens with two attached hydrogens (primary N) is 2. The van der Waals surface area contributed by atoms with Gasteiger partial charge in [-0.05, 0) is 28.7 Å². The number of nitrogens with one attached hydrogen (secondary N) is 1. The van der Waals surface area contributed by atoms with Crippen molar-refractivity contribution in [3.8, 4) is 22.5 Å². The monoisotopic (exact) mass is 436 g/mol. The lowest BCUT2D eigenvalue weighted by Gasteiger charge is -2.18. The van der Waals surface area contributed by atoms with Crippen molar-refractivity contribution in [2.75, 3.05) is 5.73 Å². The highest BCUT2D eigenvalue weighted by Gasteiger charge is 2.16. The number of H-pyrrole nitrogens is 1. The first-order chi connectivity index (χ1) is 15.7. The maximum atomic E-state index is 11.6. The lowest BCUT2D eigenvalue weighted by molar-refractivity contribution is 0.0995. The number of anilines is 1. The van der Waals surface area contributed by atoms with Gasteiger partial charge < -0.3 is 16.5 Å².